The van der Waals surface area contributed by atoms with E-state index >= 15 is 0 Å². The Bertz CT molecular complexity index is 1600. The summed E-state index contributed by atoms with van der Waals surface area (Å²) in [7, 11) is 3.09. The van der Waals surface area contributed by atoms with Crippen molar-refractivity contribution in [3.63, 3.8) is 0 Å². The first-order valence-electron chi connectivity index (χ1n) is 13.2. The number of carbonyl (C=O) groups excluding carboxylic acids is 4. The Morgan fingerprint density at radius 1 is 1.14 bits per heavy atom. The maximum atomic E-state index is 14.1. The van der Waals surface area contributed by atoms with Crippen LogP contribution in [0.2, 0.25) is 0 Å². The largest absolute Gasteiger partial charge is 0.508 e. The van der Waals surface area contributed by atoms with Gasteiger partial charge in [-0.25, -0.2) is 0 Å². The number of nitrogens with zero attached hydrogens (tertiary/aromatic N) is 1. The van der Waals surface area contributed by atoms with Crippen molar-refractivity contribution >= 4 is 40.7 Å². The molecule has 12 heteroatoms. The quantitative estimate of drug-likeness (QED) is 0.212. The van der Waals surface area contributed by atoms with Crippen LogP contribution in [0.15, 0.2) is 53.3 Å². The first-order chi connectivity index (χ1) is 19.8. The summed E-state index contributed by atoms with van der Waals surface area (Å²) >= 11 is 5.61. The minimum atomic E-state index is -2.73. The molecule has 0 radical (unpaired) electrons. The molecule has 0 unspecified atom stereocenters. The van der Waals surface area contributed by atoms with Crippen molar-refractivity contribution in [3.8, 4) is 16.9 Å². The van der Waals surface area contributed by atoms with Crippen LogP contribution in [0.25, 0.3) is 16.9 Å². The molecule has 220 valence electrons. The number of ketones is 2. The van der Waals surface area contributed by atoms with E-state index in [1.807, 2.05) is 30.3 Å². The molecule has 3 aliphatic rings. The zero-order chi connectivity index (χ0) is 30.7. The lowest BCUT2D eigenvalue weighted by Crippen LogP contribution is -2.65. The van der Waals surface area contributed by atoms with E-state index in [0.717, 1.165) is 5.56 Å². The van der Waals surface area contributed by atoms with Gasteiger partial charge in [-0.3, -0.25) is 24.1 Å². The fourth-order valence-corrected chi connectivity index (χ4v) is 6.71. The predicted molar refractivity (Wildman–Crippen MR) is 152 cm³/mol. The number of phenols is 1. The molecule has 0 aromatic heterocycles. The molecular formula is C30H30ClN3O8. The molecule has 42 heavy (non-hydrogen) atoms. The maximum absolute atomic E-state index is 14.1. The van der Waals surface area contributed by atoms with Gasteiger partial charge < -0.3 is 31.5 Å². The Morgan fingerprint density at radius 2 is 1.81 bits per heavy atom. The Kier molecular flexibility index (Phi) is 7.38. The number of amides is 2. The molecule has 1 saturated carbocycles. The number of aliphatic hydroxyl groups is 3. The third-order valence-corrected chi connectivity index (χ3v) is 8.72. The van der Waals surface area contributed by atoms with Crippen molar-refractivity contribution in [2.24, 2.45) is 17.6 Å². The Labute approximate surface area is 245 Å². The number of rotatable bonds is 6. The zero-order valence-electron chi connectivity index (χ0n) is 22.8. The molecule has 1 fully saturated rings. The lowest BCUT2D eigenvalue weighted by Gasteiger charge is -2.50. The SMILES string of the molecule is CN(C)[C@H]1C(=O)C(C(N)=O)=C(O)[C@]2(O)C(=O)C3=C(O)c4c(O)c(CNC(=O)CCl)cc(-c5ccccc5)c4C[C@@H]3C[C@H]12. The number of hydrogen-bond acceptors (Lipinski definition) is 9. The second-order valence-electron chi connectivity index (χ2n) is 11.0. The molecule has 0 heterocycles. The summed E-state index contributed by atoms with van der Waals surface area (Å²) in [5.41, 5.74) is 3.63. The first-order valence-corrected chi connectivity index (χ1v) is 13.8. The predicted octanol–water partition coefficient (Wildman–Crippen LogP) is 1.49. The van der Waals surface area contributed by atoms with Crippen molar-refractivity contribution in [2.45, 2.75) is 31.0 Å². The highest BCUT2D eigenvalue weighted by Gasteiger charge is 2.64. The van der Waals surface area contributed by atoms with Gasteiger partial charge in [0.05, 0.1) is 11.6 Å². The van der Waals surface area contributed by atoms with Gasteiger partial charge in [0.25, 0.3) is 5.91 Å². The van der Waals surface area contributed by atoms with Crippen LogP contribution in [0.5, 0.6) is 5.75 Å². The number of fused-ring (bicyclic) bond motifs is 3. The number of carbonyl (C=O) groups is 4. The summed E-state index contributed by atoms with van der Waals surface area (Å²) in [4.78, 5) is 52.9. The average Bonchev–Trinajstić information content (AvgIpc) is 2.94. The third kappa shape index (κ3) is 4.27. The van der Waals surface area contributed by atoms with E-state index in [-0.39, 0.29) is 47.7 Å². The van der Waals surface area contributed by atoms with Crippen molar-refractivity contribution in [1.29, 1.82) is 0 Å². The molecule has 5 rings (SSSR count). The van der Waals surface area contributed by atoms with Gasteiger partial charge in [-0.2, -0.15) is 0 Å². The second-order valence-corrected chi connectivity index (χ2v) is 11.3. The topological polar surface area (TPSA) is 190 Å². The minimum Gasteiger partial charge on any atom is -0.508 e. The Balaban J connectivity index is 1.75. The second kappa shape index (κ2) is 10.6. The molecule has 2 amide bonds. The fraction of sp³-hybridized carbons (Fsp3) is 0.333. The fourth-order valence-electron chi connectivity index (χ4n) is 6.62. The molecule has 0 saturated heterocycles. The first kappa shape index (κ1) is 29.3. The molecule has 3 aliphatic carbocycles. The van der Waals surface area contributed by atoms with Gasteiger partial charge in [0.1, 0.15) is 28.7 Å². The number of nitrogens with two attached hydrogens (primary N) is 1. The molecule has 4 atom stereocenters. The van der Waals surface area contributed by atoms with E-state index in [1.54, 1.807) is 20.2 Å². The van der Waals surface area contributed by atoms with E-state index in [1.165, 1.54) is 4.90 Å². The molecule has 2 aromatic rings. The normalized spacial score (nSPS) is 25.2. The van der Waals surface area contributed by atoms with E-state index in [9.17, 15) is 39.6 Å². The third-order valence-electron chi connectivity index (χ3n) is 8.48. The van der Waals surface area contributed by atoms with Gasteiger partial charge in [-0.05, 0) is 55.6 Å². The monoisotopic (exact) mass is 595 g/mol. The number of primary amides is 1. The summed E-state index contributed by atoms with van der Waals surface area (Å²) in [5, 5.41) is 48.4. The number of phenolic OH excluding ortho intramolecular Hbond substituents is 1. The van der Waals surface area contributed by atoms with Gasteiger partial charge >= 0.3 is 0 Å². The lowest BCUT2D eigenvalue weighted by atomic mass is 9.57. The smallest absolute Gasteiger partial charge is 0.255 e. The minimum absolute atomic E-state index is 0.0196. The van der Waals surface area contributed by atoms with Crippen LogP contribution in [-0.2, 0) is 32.1 Å². The van der Waals surface area contributed by atoms with Gasteiger partial charge in [0.15, 0.2) is 11.4 Å². The number of likely N-dealkylation sites (N-methyl/N-ethyl adjacent to an activating group) is 1. The Morgan fingerprint density at radius 3 is 2.40 bits per heavy atom. The molecule has 2 aromatic carbocycles. The van der Waals surface area contributed by atoms with Crippen molar-refractivity contribution in [1.82, 2.24) is 10.2 Å². The maximum Gasteiger partial charge on any atom is 0.255 e. The number of aliphatic hydroxyl groups excluding tert-OH is 2. The molecular weight excluding hydrogens is 566 g/mol. The van der Waals surface area contributed by atoms with E-state index in [4.69, 9.17) is 17.3 Å². The summed E-state index contributed by atoms with van der Waals surface area (Å²) in [6.45, 7) is -0.130. The van der Waals surface area contributed by atoms with Crippen LogP contribution in [-0.4, -0.2) is 80.3 Å². The molecule has 7 N–H and O–H groups in total. The van der Waals surface area contributed by atoms with Crippen LogP contribution in [0.1, 0.15) is 23.1 Å². The van der Waals surface area contributed by atoms with Crippen LogP contribution in [0.4, 0.5) is 0 Å². The highest BCUT2D eigenvalue weighted by Crippen LogP contribution is 2.54. The zero-order valence-corrected chi connectivity index (χ0v) is 23.6. The molecule has 0 spiro atoms. The van der Waals surface area contributed by atoms with Crippen LogP contribution in [0, 0.1) is 11.8 Å². The number of nitrogens with one attached hydrogen (secondary N) is 1. The van der Waals surface area contributed by atoms with Crippen LogP contribution >= 0.6 is 11.6 Å². The van der Waals surface area contributed by atoms with Gasteiger partial charge in [-0.1, -0.05) is 30.3 Å². The van der Waals surface area contributed by atoms with Crippen molar-refractivity contribution in [3.05, 3.63) is 70.0 Å². The number of halogens is 1. The van der Waals surface area contributed by atoms with Crippen molar-refractivity contribution in [2.75, 3.05) is 20.0 Å². The Hall–Kier alpha value is -4.19. The van der Waals surface area contributed by atoms with Gasteiger partial charge in [0, 0.05) is 23.6 Å². The number of alkyl halides is 1. The van der Waals surface area contributed by atoms with E-state index in [0.29, 0.717) is 11.1 Å². The molecule has 0 aliphatic heterocycles. The number of aromatic hydroxyl groups is 1. The summed E-state index contributed by atoms with van der Waals surface area (Å²) in [6, 6.07) is 9.66. The van der Waals surface area contributed by atoms with Crippen LogP contribution in [0.3, 0.4) is 0 Å². The van der Waals surface area contributed by atoms with E-state index in [2.05, 4.69) is 5.32 Å². The van der Waals surface area contributed by atoms with Crippen molar-refractivity contribution < 1.29 is 39.6 Å². The summed E-state index contributed by atoms with van der Waals surface area (Å²) in [6.07, 6.45) is 0.120. The highest BCUT2D eigenvalue weighted by molar-refractivity contribution is 6.27. The number of benzene rings is 2. The lowest BCUT2D eigenvalue weighted by molar-refractivity contribution is -0.153. The standard InChI is InChI=1S/C30H30ClN3O8/c1-34(2)23-18-10-14-8-17-16(13-6-4-3-5-7-13)9-15(12-33-19(35)11-31)24(36)21(17)25(37)20(14)27(39)30(18,42)28(40)22(26(23)38)29(32)41/h3-7,9,14,18,23,36-37,40,42H,8,10-12H2,1-2H3,(H2,32,41)(H,33,35)/t14-,18-,23-,30-/m1/s1. The summed E-state index contributed by atoms with van der Waals surface area (Å²) in [5.74, 6) is -8.01. The van der Waals surface area contributed by atoms with Gasteiger partial charge in [-0.15, -0.1) is 11.6 Å². The number of Topliss-reactive ketones (excluding diaryl/α,β-unsaturated/α-hetero) is 2. The highest BCUT2D eigenvalue weighted by atomic mass is 35.5. The van der Waals surface area contributed by atoms with Gasteiger partial charge in [0.2, 0.25) is 11.7 Å². The number of hydrogen-bond donors (Lipinski definition) is 6. The van der Waals surface area contributed by atoms with Crippen LogP contribution < -0.4 is 11.1 Å². The molecule has 11 nitrogen and oxygen atoms in total. The molecule has 0 bridgehead atoms. The summed E-state index contributed by atoms with van der Waals surface area (Å²) < 4.78 is 0. The van der Waals surface area contributed by atoms with E-state index < -0.39 is 64.0 Å². The average molecular weight is 596 g/mol.